The number of nitrogen functional groups attached to an aromatic ring is 1. The Morgan fingerprint density at radius 1 is 1.38 bits per heavy atom. The molecule has 4 N–H and O–H groups in total. The molecule has 1 amide bonds. The lowest BCUT2D eigenvalue weighted by atomic mass is 10.00. The molecule has 21 heavy (non-hydrogen) atoms. The Hall–Kier alpha value is -1.75. The number of nitrogens with two attached hydrogens (primary N) is 1. The first-order valence-electron chi connectivity index (χ1n) is 7.45. The standard InChI is InChI=1S/C16H27N3O2/c1-4-5-12(8-9-20)11-18-15-10-13(6-7-14(15)17)16(21)19(2)3/h6-7,10,12,18,20H,4-5,8-9,11,17H2,1-3H3. The van der Waals surface area contributed by atoms with Crippen molar-refractivity contribution in [1.29, 1.82) is 0 Å². The van der Waals surface area contributed by atoms with Gasteiger partial charge in [0, 0.05) is 32.8 Å². The van der Waals surface area contributed by atoms with E-state index in [9.17, 15) is 4.79 Å². The predicted molar refractivity (Wildman–Crippen MR) is 87.5 cm³/mol. The van der Waals surface area contributed by atoms with Crippen LogP contribution in [0.4, 0.5) is 11.4 Å². The Morgan fingerprint density at radius 2 is 2.10 bits per heavy atom. The Labute approximate surface area is 127 Å². The zero-order valence-corrected chi connectivity index (χ0v) is 13.2. The summed E-state index contributed by atoms with van der Waals surface area (Å²) < 4.78 is 0. The molecule has 0 spiro atoms. The summed E-state index contributed by atoms with van der Waals surface area (Å²) in [6.45, 7) is 3.08. The number of aliphatic hydroxyl groups excluding tert-OH is 1. The summed E-state index contributed by atoms with van der Waals surface area (Å²) in [6.07, 6.45) is 2.92. The molecule has 0 saturated carbocycles. The second-order valence-electron chi connectivity index (χ2n) is 5.55. The average Bonchev–Trinajstić information content (AvgIpc) is 2.45. The number of nitrogens with zero attached hydrogens (tertiary/aromatic N) is 1. The van der Waals surface area contributed by atoms with Crippen LogP contribution in [0, 0.1) is 5.92 Å². The molecule has 118 valence electrons. The van der Waals surface area contributed by atoms with Crippen molar-refractivity contribution in [3.8, 4) is 0 Å². The largest absolute Gasteiger partial charge is 0.397 e. The van der Waals surface area contributed by atoms with Crippen molar-refractivity contribution in [2.24, 2.45) is 5.92 Å². The molecule has 0 radical (unpaired) electrons. The Kier molecular flexibility index (Phi) is 7.02. The lowest BCUT2D eigenvalue weighted by Crippen LogP contribution is -2.22. The number of anilines is 2. The van der Waals surface area contributed by atoms with Crippen LogP contribution in [0.25, 0.3) is 0 Å². The molecule has 0 aliphatic rings. The Balaban J connectivity index is 2.77. The highest BCUT2D eigenvalue weighted by Gasteiger charge is 2.12. The molecule has 1 unspecified atom stereocenters. The normalized spacial score (nSPS) is 12.0. The van der Waals surface area contributed by atoms with Gasteiger partial charge in [-0.25, -0.2) is 0 Å². The average molecular weight is 293 g/mol. The second kappa shape index (κ2) is 8.52. The fourth-order valence-electron chi connectivity index (χ4n) is 2.29. The molecule has 0 heterocycles. The number of hydrogen-bond donors (Lipinski definition) is 3. The molecular formula is C16H27N3O2. The monoisotopic (exact) mass is 293 g/mol. The zero-order chi connectivity index (χ0) is 15.8. The van der Waals surface area contributed by atoms with E-state index in [1.54, 1.807) is 37.2 Å². The summed E-state index contributed by atoms with van der Waals surface area (Å²) in [5.74, 6) is 0.367. The quantitative estimate of drug-likeness (QED) is 0.642. The molecule has 1 rings (SSSR count). The molecular weight excluding hydrogens is 266 g/mol. The van der Waals surface area contributed by atoms with Crippen LogP contribution in [-0.2, 0) is 0 Å². The third kappa shape index (κ3) is 5.27. The molecule has 1 aromatic rings. The fraction of sp³-hybridized carbons (Fsp3) is 0.562. The topological polar surface area (TPSA) is 78.6 Å². The van der Waals surface area contributed by atoms with Crippen LogP contribution in [0.1, 0.15) is 36.5 Å². The van der Waals surface area contributed by atoms with Gasteiger partial charge in [-0.3, -0.25) is 4.79 Å². The minimum absolute atomic E-state index is 0.0430. The number of hydrogen-bond acceptors (Lipinski definition) is 4. The maximum Gasteiger partial charge on any atom is 0.253 e. The predicted octanol–water partition coefficient (Wildman–Crippen LogP) is 2.18. The Bertz CT molecular complexity index is 455. The third-order valence-corrected chi connectivity index (χ3v) is 3.52. The molecule has 1 atom stereocenters. The molecule has 0 saturated heterocycles. The van der Waals surface area contributed by atoms with E-state index in [0.29, 0.717) is 17.2 Å². The number of carbonyl (C=O) groups excluding carboxylic acids is 1. The van der Waals surface area contributed by atoms with Gasteiger partial charge in [0.05, 0.1) is 11.4 Å². The molecule has 0 fully saturated rings. The highest BCUT2D eigenvalue weighted by molar-refractivity contribution is 5.95. The zero-order valence-electron chi connectivity index (χ0n) is 13.2. The maximum atomic E-state index is 12.0. The minimum atomic E-state index is -0.0430. The fourth-order valence-corrected chi connectivity index (χ4v) is 2.29. The van der Waals surface area contributed by atoms with Gasteiger partial charge >= 0.3 is 0 Å². The Morgan fingerprint density at radius 3 is 2.67 bits per heavy atom. The van der Waals surface area contributed by atoms with Gasteiger partial charge < -0.3 is 21.1 Å². The van der Waals surface area contributed by atoms with Gasteiger partial charge in [-0.15, -0.1) is 0 Å². The summed E-state index contributed by atoms with van der Waals surface area (Å²) in [4.78, 5) is 13.5. The van der Waals surface area contributed by atoms with Gasteiger partial charge in [-0.1, -0.05) is 13.3 Å². The lowest BCUT2D eigenvalue weighted by Gasteiger charge is -2.18. The highest BCUT2D eigenvalue weighted by atomic mass is 16.3. The number of benzene rings is 1. The summed E-state index contributed by atoms with van der Waals surface area (Å²) in [5, 5.41) is 12.4. The van der Waals surface area contributed by atoms with Crippen molar-refractivity contribution in [3.05, 3.63) is 23.8 Å². The van der Waals surface area contributed by atoms with Gasteiger partial charge in [-0.05, 0) is 37.0 Å². The third-order valence-electron chi connectivity index (χ3n) is 3.52. The van der Waals surface area contributed by atoms with Gasteiger partial charge in [0.15, 0.2) is 0 Å². The van der Waals surface area contributed by atoms with Crippen LogP contribution < -0.4 is 11.1 Å². The summed E-state index contributed by atoms with van der Waals surface area (Å²) >= 11 is 0. The lowest BCUT2D eigenvalue weighted by molar-refractivity contribution is 0.0827. The van der Waals surface area contributed by atoms with Crippen molar-refractivity contribution < 1.29 is 9.90 Å². The van der Waals surface area contributed by atoms with E-state index in [4.69, 9.17) is 10.8 Å². The van der Waals surface area contributed by atoms with Gasteiger partial charge in [0.25, 0.3) is 5.91 Å². The molecule has 5 heteroatoms. The van der Waals surface area contributed by atoms with Gasteiger partial charge in [0.1, 0.15) is 0 Å². The van der Waals surface area contributed by atoms with Crippen molar-refractivity contribution in [2.45, 2.75) is 26.2 Å². The summed E-state index contributed by atoms with van der Waals surface area (Å²) in [5.41, 5.74) is 7.99. The smallest absolute Gasteiger partial charge is 0.253 e. The van der Waals surface area contributed by atoms with Crippen LogP contribution >= 0.6 is 0 Å². The van der Waals surface area contributed by atoms with E-state index >= 15 is 0 Å². The van der Waals surface area contributed by atoms with Crippen LogP contribution in [-0.4, -0.2) is 43.2 Å². The first-order chi connectivity index (χ1) is 9.99. The summed E-state index contributed by atoms with van der Waals surface area (Å²) in [7, 11) is 3.45. The van der Waals surface area contributed by atoms with E-state index in [0.717, 1.165) is 31.5 Å². The first kappa shape index (κ1) is 17.3. The van der Waals surface area contributed by atoms with Crippen molar-refractivity contribution in [2.75, 3.05) is 38.3 Å². The van der Waals surface area contributed by atoms with Crippen LogP contribution in [0.3, 0.4) is 0 Å². The maximum absolute atomic E-state index is 12.0. The number of amides is 1. The molecule has 1 aromatic carbocycles. The van der Waals surface area contributed by atoms with Crippen LogP contribution in [0.5, 0.6) is 0 Å². The van der Waals surface area contributed by atoms with E-state index in [-0.39, 0.29) is 12.5 Å². The highest BCUT2D eigenvalue weighted by Crippen LogP contribution is 2.22. The van der Waals surface area contributed by atoms with Crippen molar-refractivity contribution in [1.82, 2.24) is 4.90 Å². The molecule has 0 aromatic heterocycles. The number of aliphatic hydroxyl groups is 1. The van der Waals surface area contributed by atoms with E-state index in [2.05, 4.69) is 12.2 Å². The van der Waals surface area contributed by atoms with Gasteiger partial charge in [0.2, 0.25) is 0 Å². The molecule has 0 aliphatic carbocycles. The number of carbonyl (C=O) groups is 1. The number of nitrogens with one attached hydrogen (secondary N) is 1. The van der Waals surface area contributed by atoms with E-state index in [1.807, 2.05) is 0 Å². The second-order valence-corrected chi connectivity index (χ2v) is 5.55. The van der Waals surface area contributed by atoms with Crippen LogP contribution in [0.2, 0.25) is 0 Å². The van der Waals surface area contributed by atoms with Crippen LogP contribution in [0.15, 0.2) is 18.2 Å². The SMILES string of the molecule is CCCC(CCO)CNc1cc(C(=O)N(C)C)ccc1N. The van der Waals surface area contributed by atoms with Crippen molar-refractivity contribution in [3.63, 3.8) is 0 Å². The van der Waals surface area contributed by atoms with E-state index in [1.165, 1.54) is 0 Å². The minimum Gasteiger partial charge on any atom is -0.397 e. The number of rotatable bonds is 8. The van der Waals surface area contributed by atoms with E-state index < -0.39 is 0 Å². The first-order valence-corrected chi connectivity index (χ1v) is 7.45. The molecule has 0 bridgehead atoms. The molecule has 5 nitrogen and oxygen atoms in total. The summed E-state index contributed by atoms with van der Waals surface area (Å²) in [6, 6.07) is 5.28. The molecule has 0 aliphatic heterocycles. The van der Waals surface area contributed by atoms with Crippen molar-refractivity contribution >= 4 is 17.3 Å². The van der Waals surface area contributed by atoms with Gasteiger partial charge in [-0.2, -0.15) is 0 Å².